The maximum atomic E-state index is 13.3. The second-order valence-electron chi connectivity index (χ2n) is 4.79. The monoisotopic (exact) mass is 302 g/mol. The van der Waals surface area contributed by atoms with Crippen LogP contribution < -0.4 is 11.1 Å². The van der Waals surface area contributed by atoms with Crippen molar-refractivity contribution in [3.05, 3.63) is 29.8 Å². The van der Waals surface area contributed by atoms with Crippen LogP contribution in [-0.4, -0.2) is 24.4 Å². The highest BCUT2D eigenvalue weighted by Gasteiger charge is 2.22. The Labute approximate surface area is 120 Å². The van der Waals surface area contributed by atoms with Crippen molar-refractivity contribution in [1.82, 2.24) is 0 Å². The van der Waals surface area contributed by atoms with Crippen molar-refractivity contribution < 1.29 is 27.8 Å². The van der Waals surface area contributed by atoms with Crippen molar-refractivity contribution in [2.24, 2.45) is 5.73 Å². The van der Waals surface area contributed by atoms with Crippen molar-refractivity contribution in [2.75, 3.05) is 11.9 Å². The highest BCUT2D eigenvalue weighted by molar-refractivity contribution is 5.84. The summed E-state index contributed by atoms with van der Waals surface area (Å²) >= 11 is 0. The standard InChI is InChI=1S/C13H16F2N2O4/c1-13(2,21-11(16)18)6-7-20-12(19)17-10-8(14)4-3-5-9(10)15/h3-5H,6-7H2,1-2H3,(H2,16,18)(H,17,19). The summed E-state index contributed by atoms with van der Waals surface area (Å²) in [4.78, 5) is 22.1. The smallest absolute Gasteiger partial charge is 0.411 e. The molecule has 0 aliphatic rings. The molecule has 3 N–H and O–H groups in total. The van der Waals surface area contributed by atoms with Gasteiger partial charge < -0.3 is 15.2 Å². The number of carbonyl (C=O) groups is 2. The van der Waals surface area contributed by atoms with Crippen LogP contribution in [0.25, 0.3) is 0 Å². The lowest BCUT2D eigenvalue weighted by Gasteiger charge is -2.23. The van der Waals surface area contributed by atoms with Crippen LogP contribution in [0.1, 0.15) is 20.3 Å². The number of halogens is 2. The molecule has 0 aliphatic carbocycles. The van der Waals surface area contributed by atoms with E-state index in [-0.39, 0.29) is 13.0 Å². The van der Waals surface area contributed by atoms with E-state index in [0.717, 1.165) is 12.1 Å². The molecule has 0 bridgehead atoms. The molecular formula is C13H16F2N2O4. The zero-order valence-corrected chi connectivity index (χ0v) is 11.6. The van der Waals surface area contributed by atoms with Crippen LogP contribution in [0.15, 0.2) is 18.2 Å². The van der Waals surface area contributed by atoms with E-state index in [4.69, 9.17) is 15.2 Å². The summed E-state index contributed by atoms with van der Waals surface area (Å²) in [7, 11) is 0. The largest absolute Gasteiger partial charge is 0.449 e. The first-order chi connectivity index (χ1) is 9.71. The van der Waals surface area contributed by atoms with Gasteiger partial charge in [-0.2, -0.15) is 0 Å². The molecule has 0 saturated carbocycles. The second-order valence-corrected chi connectivity index (χ2v) is 4.79. The van der Waals surface area contributed by atoms with Crippen molar-refractivity contribution in [2.45, 2.75) is 25.9 Å². The third kappa shape index (κ3) is 5.64. The van der Waals surface area contributed by atoms with Crippen LogP contribution in [0.5, 0.6) is 0 Å². The topological polar surface area (TPSA) is 90.7 Å². The number of amides is 2. The minimum Gasteiger partial charge on any atom is -0.449 e. The molecule has 21 heavy (non-hydrogen) atoms. The number of carbonyl (C=O) groups excluding carboxylic acids is 2. The van der Waals surface area contributed by atoms with E-state index in [9.17, 15) is 18.4 Å². The lowest BCUT2D eigenvalue weighted by molar-refractivity contribution is 0.0244. The zero-order chi connectivity index (χ0) is 16.0. The Hall–Kier alpha value is -2.38. The number of hydrogen-bond acceptors (Lipinski definition) is 4. The van der Waals surface area contributed by atoms with E-state index < -0.39 is 35.1 Å². The van der Waals surface area contributed by atoms with Crippen LogP contribution in [0.3, 0.4) is 0 Å². The quantitative estimate of drug-likeness (QED) is 0.875. The molecule has 2 amide bonds. The molecule has 0 unspecified atom stereocenters. The van der Waals surface area contributed by atoms with Gasteiger partial charge in [0.1, 0.15) is 22.9 Å². The minimum atomic E-state index is -1.02. The Kier molecular flexibility index (Phi) is 5.45. The number of nitrogens with one attached hydrogen (secondary N) is 1. The fourth-order valence-corrected chi connectivity index (χ4v) is 1.47. The summed E-state index contributed by atoms with van der Waals surface area (Å²) < 4.78 is 36.1. The lowest BCUT2D eigenvalue weighted by Crippen LogP contribution is -2.32. The van der Waals surface area contributed by atoms with Crippen LogP contribution in [0.4, 0.5) is 24.1 Å². The summed E-state index contributed by atoms with van der Waals surface area (Å²) in [6, 6.07) is 3.18. The molecule has 8 heteroatoms. The molecule has 0 aromatic heterocycles. The summed E-state index contributed by atoms with van der Waals surface area (Å²) in [5.41, 5.74) is 3.37. The summed E-state index contributed by atoms with van der Waals surface area (Å²) in [5, 5.41) is 1.96. The third-order valence-electron chi connectivity index (χ3n) is 2.50. The average molecular weight is 302 g/mol. The van der Waals surface area contributed by atoms with Gasteiger partial charge in [-0.15, -0.1) is 0 Å². The number of para-hydroxylation sites is 1. The van der Waals surface area contributed by atoms with Gasteiger partial charge in [0.05, 0.1) is 6.61 Å². The molecule has 0 atom stereocenters. The molecule has 6 nitrogen and oxygen atoms in total. The molecular weight excluding hydrogens is 286 g/mol. The maximum Gasteiger partial charge on any atom is 0.411 e. The van der Waals surface area contributed by atoms with Gasteiger partial charge in [-0.1, -0.05) is 6.07 Å². The summed E-state index contributed by atoms with van der Waals surface area (Å²) in [5.74, 6) is -1.83. The van der Waals surface area contributed by atoms with Crippen molar-refractivity contribution >= 4 is 17.9 Å². The highest BCUT2D eigenvalue weighted by Crippen LogP contribution is 2.18. The average Bonchev–Trinajstić information content (AvgIpc) is 2.32. The number of ether oxygens (including phenoxy) is 2. The number of benzene rings is 1. The van der Waals surface area contributed by atoms with Gasteiger partial charge in [0.15, 0.2) is 0 Å². The molecule has 116 valence electrons. The molecule has 0 radical (unpaired) electrons. The highest BCUT2D eigenvalue weighted by atomic mass is 19.1. The van der Waals surface area contributed by atoms with E-state index >= 15 is 0 Å². The van der Waals surface area contributed by atoms with Gasteiger partial charge in [0, 0.05) is 6.42 Å². The number of hydrogen-bond donors (Lipinski definition) is 2. The number of nitrogens with two attached hydrogens (primary N) is 1. The predicted molar refractivity (Wildman–Crippen MR) is 70.7 cm³/mol. The van der Waals surface area contributed by atoms with Crippen molar-refractivity contribution in [3.63, 3.8) is 0 Å². The number of primary amides is 1. The van der Waals surface area contributed by atoms with Crippen LogP contribution >= 0.6 is 0 Å². The van der Waals surface area contributed by atoms with Gasteiger partial charge in [-0.05, 0) is 26.0 Å². The maximum absolute atomic E-state index is 13.3. The molecule has 0 heterocycles. The normalized spacial score (nSPS) is 10.9. The molecule has 0 saturated heterocycles. The van der Waals surface area contributed by atoms with Crippen molar-refractivity contribution in [1.29, 1.82) is 0 Å². The van der Waals surface area contributed by atoms with E-state index in [1.165, 1.54) is 6.07 Å². The van der Waals surface area contributed by atoms with Gasteiger partial charge in [-0.25, -0.2) is 18.4 Å². The molecule has 1 rings (SSSR count). The van der Waals surface area contributed by atoms with E-state index in [2.05, 4.69) is 0 Å². The second kappa shape index (κ2) is 6.87. The Balaban J connectivity index is 2.47. The van der Waals surface area contributed by atoms with Crippen molar-refractivity contribution in [3.8, 4) is 0 Å². The van der Waals surface area contributed by atoms with E-state index in [0.29, 0.717) is 0 Å². The van der Waals surface area contributed by atoms with Gasteiger partial charge >= 0.3 is 12.2 Å². The zero-order valence-electron chi connectivity index (χ0n) is 11.6. The number of rotatable bonds is 5. The SMILES string of the molecule is CC(C)(CCOC(=O)Nc1c(F)cccc1F)OC(N)=O. The Morgan fingerprint density at radius 2 is 1.86 bits per heavy atom. The molecule has 0 fully saturated rings. The van der Waals surface area contributed by atoms with Gasteiger partial charge in [-0.3, -0.25) is 5.32 Å². The van der Waals surface area contributed by atoms with Crippen LogP contribution in [-0.2, 0) is 9.47 Å². The third-order valence-corrected chi connectivity index (χ3v) is 2.50. The van der Waals surface area contributed by atoms with E-state index in [1.54, 1.807) is 13.8 Å². The first kappa shape index (κ1) is 16.7. The number of anilines is 1. The van der Waals surface area contributed by atoms with Crippen LogP contribution in [0, 0.1) is 11.6 Å². The lowest BCUT2D eigenvalue weighted by atomic mass is 10.1. The predicted octanol–water partition coefficient (Wildman–Crippen LogP) is 2.78. The van der Waals surface area contributed by atoms with Gasteiger partial charge in [0.2, 0.25) is 0 Å². The molecule has 1 aromatic carbocycles. The van der Waals surface area contributed by atoms with E-state index in [1.807, 2.05) is 5.32 Å². The fraction of sp³-hybridized carbons (Fsp3) is 0.385. The Morgan fingerprint density at radius 1 is 1.29 bits per heavy atom. The molecule has 0 aliphatic heterocycles. The first-order valence-corrected chi connectivity index (χ1v) is 6.07. The summed E-state index contributed by atoms with van der Waals surface area (Å²) in [6.45, 7) is 3.04. The molecule has 0 spiro atoms. The van der Waals surface area contributed by atoms with Gasteiger partial charge in [0.25, 0.3) is 0 Å². The molecule has 1 aromatic rings. The Bertz CT molecular complexity index is 515. The minimum absolute atomic E-state index is 0.123. The summed E-state index contributed by atoms with van der Waals surface area (Å²) in [6.07, 6.45) is -1.80. The van der Waals surface area contributed by atoms with Crippen LogP contribution in [0.2, 0.25) is 0 Å². The Morgan fingerprint density at radius 3 is 2.38 bits per heavy atom. The fourth-order valence-electron chi connectivity index (χ4n) is 1.47. The first-order valence-electron chi connectivity index (χ1n) is 6.07.